The molecular weight excluding hydrogens is 222 g/mol. The molecule has 0 spiro atoms. The van der Waals surface area contributed by atoms with E-state index >= 15 is 0 Å². The quantitative estimate of drug-likeness (QED) is 0.863. The van der Waals surface area contributed by atoms with Crippen LogP contribution in [0.25, 0.3) is 0 Å². The van der Waals surface area contributed by atoms with Crippen LogP contribution in [0.4, 0.5) is 5.82 Å². The maximum atomic E-state index is 4.21. The number of rotatable bonds is 2. The van der Waals surface area contributed by atoms with E-state index in [0.29, 0.717) is 16.9 Å². The lowest BCUT2D eigenvalue weighted by molar-refractivity contribution is 0.105. The zero-order chi connectivity index (χ0) is 13.4. The molecule has 100 valence electrons. The summed E-state index contributed by atoms with van der Waals surface area (Å²) in [4.78, 5) is 0. The molecule has 3 heteroatoms. The number of aromatic nitrogens is 2. The van der Waals surface area contributed by atoms with E-state index < -0.39 is 0 Å². The third-order valence-electron chi connectivity index (χ3n) is 3.70. The van der Waals surface area contributed by atoms with Gasteiger partial charge >= 0.3 is 0 Å². The van der Waals surface area contributed by atoms with Crippen molar-refractivity contribution < 1.29 is 0 Å². The van der Waals surface area contributed by atoms with Crippen molar-refractivity contribution >= 4 is 5.82 Å². The normalized spacial score (nSPS) is 22.7. The van der Waals surface area contributed by atoms with Crippen LogP contribution >= 0.6 is 0 Å². The molecule has 0 amide bonds. The number of hydrogen-bond acceptors (Lipinski definition) is 3. The van der Waals surface area contributed by atoms with Gasteiger partial charge in [0.05, 0.1) is 5.69 Å². The SMILES string of the molecule is Cc1ccc(NC2CC(C)(C)CC(C)(C)C2)nn1. The van der Waals surface area contributed by atoms with E-state index in [9.17, 15) is 0 Å². The van der Waals surface area contributed by atoms with Gasteiger partial charge in [-0.25, -0.2) is 0 Å². The van der Waals surface area contributed by atoms with Crippen LogP contribution in [0.1, 0.15) is 52.7 Å². The summed E-state index contributed by atoms with van der Waals surface area (Å²) in [5.74, 6) is 0.902. The highest BCUT2D eigenvalue weighted by Gasteiger charge is 2.38. The van der Waals surface area contributed by atoms with Crippen molar-refractivity contribution in [3.63, 3.8) is 0 Å². The number of anilines is 1. The summed E-state index contributed by atoms with van der Waals surface area (Å²) in [5, 5.41) is 11.9. The summed E-state index contributed by atoms with van der Waals surface area (Å²) in [7, 11) is 0. The number of nitrogens with zero attached hydrogens (tertiary/aromatic N) is 2. The fourth-order valence-electron chi connectivity index (χ4n) is 3.63. The topological polar surface area (TPSA) is 37.8 Å². The highest BCUT2D eigenvalue weighted by Crippen LogP contribution is 2.46. The second-order valence-corrected chi connectivity index (χ2v) is 7.31. The fourth-order valence-corrected chi connectivity index (χ4v) is 3.63. The minimum absolute atomic E-state index is 0.400. The molecule has 2 rings (SSSR count). The minimum Gasteiger partial charge on any atom is -0.366 e. The van der Waals surface area contributed by atoms with E-state index in [0.717, 1.165) is 11.5 Å². The summed E-state index contributed by atoms with van der Waals surface area (Å²) in [6, 6.07) is 4.53. The smallest absolute Gasteiger partial charge is 0.148 e. The first-order chi connectivity index (χ1) is 8.26. The zero-order valence-corrected chi connectivity index (χ0v) is 12.2. The third kappa shape index (κ3) is 3.44. The Bertz CT molecular complexity index is 390. The molecular formula is C15H25N3. The molecule has 3 nitrogen and oxygen atoms in total. The van der Waals surface area contributed by atoms with Gasteiger partial charge in [0, 0.05) is 6.04 Å². The predicted octanol–water partition coefficient (Wildman–Crippen LogP) is 3.80. The molecule has 0 saturated heterocycles. The van der Waals surface area contributed by atoms with Crippen molar-refractivity contribution in [3.05, 3.63) is 17.8 Å². The Morgan fingerprint density at radius 3 is 2.17 bits per heavy atom. The molecule has 0 radical (unpaired) electrons. The van der Waals surface area contributed by atoms with E-state index in [1.165, 1.54) is 19.3 Å². The highest BCUT2D eigenvalue weighted by atomic mass is 15.2. The largest absolute Gasteiger partial charge is 0.366 e. The Kier molecular flexibility index (Phi) is 3.35. The van der Waals surface area contributed by atoms with Gasteiger partial charge < -0.3 is 5.32 Å². The van der Waals surface area contributed by atoms with Gasteiger partial charge in [-0.05, 0) is 49.1 Å². The van der Waals surface area contributed by atoms with Crippen LogP contribution in [0.2, 0.25) is 0 Å². The Hall–Kier alpha value is -1.12. The van der Waals surface area contributed by atoms with Crippen molar-refractivity contribution in [1.82, 2.24) is 10.2 Å². The average molecular weight is 247 g/mol. The van der Waals surface area contributed by atoms with Gasteiger partial charge in [0.2, 0.25) is 0 Å². The summed E-state index contributed by atoms with van der Waals surface area (Å²) in [6.07, 6.45) is 3.69. The summed E-state index contributed by atoms with van der Waals surface area (Å²) in [5.41, 5.74) is 1.76. The van der Waals surface area contributed by atoms with Crippen LogP contribution < -0.4 is 5.32 Å². The molecule has 1 aliphatic rings. The monoisotopic (exact) mass is 247 g/mol. The molecule has 0 atom stereocenters. The van der Waals surface area contributed by atoms with Gasteiger partial charge in [-0.3, -0.25) is 0 Å². The molecule has 1 aromatic heterocycles. The second-order valence-electron chi connectivity index (χ2n) is 7.31. The van der Waals surface area contributed by atoms with Crippen LogP contribution in [0.15, 0.2) is 12.1 Å². The number of hydrogen-bond donors (Lipinski definition) is 1. The lowest BCUT2D eigenvalue weighted by Gasteiger charge is -2.45. The zero-order valence-electron chi connectivity index (χ0n) is 12.2. The molecule has 18 heavy (non-hydrogen) atoms. The first kappa shape index (κ1) is 13.3. The van der Waals surface area contributed by atoms with Crippen LogP contribution in [0, 0.1) is 17.8 Å². The van der Waals surface area contributed by atoms with Crippen LogP contribution in [0.5, 0.6) is 0 Å². The number of nitrogens with one attached hydrogen (secondary N) is 1. The molecule has 1 aliphatic carbocycles. The van der Waals surface area contributed by atoms with Gasteiger partial charge in [-0.2, -0.15) is 5.10 Å². The first-order valence-electron chi connectivity index (χ1n) is 6.83. The molecule has 1 aromatic rings. The van der Waals surface area contributed by atoms with Crippen molar-refractivity contribution in [2.45, 2.75) is 59.9 Å². The lowest BCUT2D eigenvalue weighted by atomic mass is 9.63. The molecule has 0 aromatic carbocycles. The van der Waals surface area contributed by atoms with Crippen LogP contribution in [-0.2, 0) is 0 Å². The standard InChI is InChI=1S/C15H25N3/c1-11-6-7-13(18-17-11)16-12-8-14(2,3)10-15(4,5)9-12/h6-7,12H,8-10H2,1-5H3,(H,16,18). The van der Waals surface area contributed by atoms with Gasteiger partial charge in [0.1, 0.15) is 5.82 Å². The van der Waals surface area contributed by atoms with Gasteiger partial charge in [-0.15, -0.1) is 5.10 Å². The van der Waals surface area contributed by atoms with Gasteiger partial charge in [0.25, 0.3) is 0 Å². The Morgan fingerprint density at radius 2 is 1.67 bits per heavy atom. The van der Waals surface area contributed by atoms with Crippen LogP contribution in [0.3, 0.4) is 0 Å². The van der Waals surface area contributed by atoms with Crippen molar-refractivity contribution in [3.8, 4) is 0 Å². The lowest BCUT2D eigenvalue weighted by Crippen LogP contribution is -2.40. The maximum Gasteiger partial charge on any atom is 0.148 e. The highest BCUT2D eigenvalue weighted by molar-refractivity contribution is 5.34. The van der Waals surface area contributed by atoms with Crippen molar-refractivity contribution in [2.75, 3.05) is 5.32 Å². The summed E-state index contributed by atoms with van der Waals surface area (Å²) in [6.45, 7) is 11.4. The van der Waals surface area contributed by atoms with Crippen molar-refractivity contribution in [2.24, 2.45) is 10.8 Å². The molecule has 0 aliphatic heterocycles. The molecule has 1 heterocycles. The number of aryl methyl sites for hydroxylation is 1. The second kappa shape index (κ2) is 4.52. The molecule has 0 unspecified atom stereocenters. The summed E-state index contributed by atoms with van der Waals surface area (Å²) >= 11 is 0. The Labute approximate surface area is 110 Å². The van der Waals surface area contributed by atoms with Gasteiger partial charge in [0.15, 0.2) is 0 Å². The first-order valence-corrected chi connectivity index (χ1v) is 6.83. The predicted molar refractivity (Wildman–Crippen MR) is 75.6 cm³/mol. The Balaban J connectivity index is 2.07. The minimum atomic E-state index is 0.400. The molecule has 0 bridgehead atoms. The van der Waals surface area contributed by atoms with E-state index in [-0.39, 0.29) is 0 Å². The van der Waals surface area contributed by atoms with E-state index in [4.69, 9.17) is 0 Å². The summed E-state index contributed by atoms with van der Waals surface area (Å²) < 4.78 is 0. The van der Waals surface area contributed by atoms with E-state index in [1.54, 1.807) is 0 Å². The molecule has 1 fully saturated rings. The van der Waals surface area contributed by atoms with Crippen LogP contribution in [-0.4, -0.2) is 16.2 Å². The average Bonchev–Trinajstić information content (AvgIpc) is 2.16. The van der Waals surface area contributed by atoms with E-state index in [1.807, 2.05) is 19.1 Å². The van der Waals surface area contributed by atoms with E-state index in [2.05, 4.69) is 43.2 Å². The third-order valence-corrected chi connectivity index (χ3v) is 3.70. The fraction of sp³-hybridized carbons (Fsp3) is 0.733. The van der Waals surface area contributed by atoms with Gasteiger partial charge in [-0.1, -0.05) is 27.7 Å². The maximum absolute atomic E-state index is 4.21. The molecule has 1 N–H and O–H groups in total. The molecule has 1 saturated carbocycles. The Morgan fingerprint density at radius 1 is 1.06 bits per heavy atom. The van der Waals surface area contributed by atoms with Crippen molar-refractivity contribution in [1.29, 1.82) is 0 Å².